The first kappa shape index (κ1) is 21.1. The molecule has 2 aromatic carbocycles. The first-order chi connectivity index (χ1) is 15.0. The molecule has 2 aromatic heterocycles. The first-order valence-electron chi connectivity index (χ1n) is 10.4. The zero-order valence-corrected chi connectivity index (χ0v) is 18.8. The van der Waals surface area contributed by atoms with Crippen LogP contribution in [0.3, 0.4) is 0 Å². The van der Waals surface area contributed by atoms with Crippen molar-refractivity contribution in [2.75, 3.05) is 0 Å². The van der Waals surface area contributed by atoms with Crippen LogP contribution in [0.25, 0.3) is 11.2 Å². The first-order valence-corrected chi connectivity index (χ1v) is 11.4. The number of rotatable bonds is 7. The second kappa shape index (κ2) is 9.35. The Balaban J connectivity index is 1.57. The predicted molar refractivity (Wildman–Crippen MR) is 126 cm³/mol. The molecule has 0 fully saturated rings. The predicted octanol–water partition coefficient (Wildman–Crippen LogP) is 5.22. The van der Waals surface area contributed by atoms with E-state index in [1.165, 1.54) is 11.1 Å². The van der Waals surface area contributed by atoms with Crippen molar-refractivity contribution in [2.24, 2.45) is 0 Å². The van der Waals surface area contributed by atoms with Crippen molar-refractivity contribution in [3.8, 4) is 0 Å². The number of nitrogens with zero attached hydrogens (tertiary/aromatic N) is 3. The number of carbonyl (C=O) groups excluding carboxylic acids is 1. The second-order valence-corrected chi connectivity index (χ2v) is 8.87. The van der Waals surface area contributed by atoms with Crippen LogP contribution < -0.4 is 5.32 Å². The molecule has 1 amide bonds. The van der Waals surface area contributed by atoms with Crippen LogP contribution >= 0.6 is 11.8 Å². The van der Waals surface area contributed by atoms with Gasteiger partial charge in [-0.3, -0.25) is 9.36 Å². The molecule has 0 aliphatic carbocycles. The van der Waals surface area contributed by atoms with Crippen molar-refractivity contribution in [2.45, 2.75) is 44.3 Å². The van der Waals surface area contributed by atoms with Crippen LogP contribution in [0, 0.1) is 6.92 Å². The highest BCUT2D eigenvalue weighted by Gasteiger charge is 2.14. The minimum absolute atomic E-state index is 0.0503. The van der Waals surface area contributed by atoms with E-state index in [2.05, 4.69) is 46.1 Å². The molecule has 5 nitrogen and oxygen atoms in total. The number of amides is 1. The van der Waals surface area contributed by atoms with Crippen LogP contribution in [0.5, 0.6) is 0 Å². The monoisotopic (exact) mass is 430 g/mol. The van der Waals surface area contributed by atoms with Gasteiger partial charge in [-0.1, -0.05) is 53.7 Å². The van der Waals surface area contributed by atoms with Gasteiger partial charge in [0.05, 0.1) is 6.54 Å². The maximum absolute atomic E-state index is 12.2. The van der Waals surface area contributed by atoms with Gasteiger partial charge in [-0.05, 0) is 56.2 Å². The largest absolute Gasteiger partial charge is 0.350 e. The van der Waals surface area contributed by atoms with E-state index in [-0.39, 0.29) is 11.9 Å². The van der Waals surface area contributed by atoms with Crippen molar-refractivity contribution in [3.05, 3.63) is 89.1 Å². The molecule has 4 rings (SSSR count). The fraction of sp³-hybridized carbons (Fsp3) is 0.240. The fourth-order valence-electron chi connectivity index (χ4n) is 3.31. The second-order valence-electron chi connectivity index (χ2n) is 7.93. The van der Waals surface area contributed by atoms with Gasteiger partial charge in [0, 0.05) is 23.6 Å². The fourth-order valence-corrected chi connectivity index (χ4v) is 4.27. The molecule has 0 atom stereocenters. The Kier molecular flexibility index (Phi) is 6.37. The van der Waals surface area contributed by atoms with E-state index < -0.39 is 0 Å². The quantitative estimate of drug-likeness (QED) is 0.409. The smallest absolute Gasteiger partial charge is 0.251 e. The Labute approximate surface area is 186 Å². The molecule has 158 valence electrons. The molecule has 0 aliphatic rings. The number of benzene rings is 2. The molecular formula is C25H26N4OS. The number of aromatic nitrogens is 3. The van der Waals surface area contributed by atoms with E-state index in [0.29, 0.717) is 12.1 Å². The highest BCUT2D eigenvalue weighted by molar-refractivity contribution is 7.98. The molecule has 6 heteroatoms. The number of hydrogen-bond donors (Lipinski definition) is 1. The molecular weight excluding hydrogens is 404 g/mol. The van der Waals surface area contributed by atoms with Crippen molar-refractivity contribution >= 4 is 28.8 Å². The van der Waals surface area contributed by atoms with Crippen molar-refractivity contribution in [1.82, 2.24) is 19.9 Å². The maximum atomic E-state index is 12.2. The van der Waals surface area contributed by atoms with Crippen LogP contribution in [0.2, 0.25) is 0 Å². The third kappa shape index (κ3) is 5.14. The Morgan fingerprint density at radius 1 is 1.03 bits per heavy atom. The van der Waals surface area contributed by atoms with Crippen LogP contribution in [0.15, 0.2) is 72.0 Å². The lowest BCUT2D eigenvalue weighted by molar-refractivity contribution is 0.0943. The number of thioether (sulfide) groups is 1. The van der Waals surface area contributed by atoms with Crippen molar-refractivity contribution in [1.29, 1.82) is 0 Å². The van der Waals surface area contributed by atoms with Crippen LogP contribution in [-0.4, -0.2) is 26.5 Å². The van der Waals surface area contributed by atoms with Gasteiger partial charge in [-0.2, -0.15) is 0 Å². The Morgan fingerprint density at radius 2 is 1.74 bits per heavy atom. The van der Waals surface area contributed by atoms with E-state index in [4.69, 9.17) is 4.98 Å². The van der Waals surface area contributed by atoms with E-state index in [0.717, 1.165) is 27.6 Å². The zero-order chi connectivity index (χ0) is 21.8. The number of hydrogen-bond acceptors (Lipinski definition) is 4. The number of fused-ring (bicyclic) bond motifs is 1. The highest BCUT2D eigenvalue weighted by Crippen LogP contribution is 2.27. The van der Waals surface area contributed by atoms with E-state index in [9.17, 15) is 4.79 Å². The molecule has 0 spiro atoms. The third-order valence-corrected chi connectivity index (χ3v) is 5.98. The Hall–Kier alpha value is -3.12. The Bertz CT molecular complexity index is 1180. The summed E-state index contributed by atoms with van der Waals surface area (Å²) in [5, 5.41) is 3.87. The number of carbonyl (C=O) groups is 1. The summed E-state index contributed by atoms with van der Waals surface area (Å²) in [7, 11) is 0. The average Bonchev–Trinajstić information content (AvgIpc) is 3.11. The summed E-state index contributed by atoms with van der Waals surface area (Å²) in [6, 6.07) is 20.4. The standard InChI is InChI=1S/C25H26N4OS/c1-17(2)27-24(30)21-12-10-19(11-13-21)15-29-23-22(5-4-14-26-23)28-25(29)31-16-20-8-6-18(3)7-9-20/h4-14,17H,15-16H2,1-3H3,(H,27,30). The zero-order valence-electron chi connectivity index (χ0n) is 18.0. The minimum atomic E-state index is -0.0503. The maximum Gasteiger partial charge on any atom is 0.251 e. The topological polar surface area (TPSA) is 59.8 Å². The van der Waals surface area contributed by atoms with E-state index >= 15 is 0 Å². The number of aryl methyl sites for hydroxylation is 1. The lowest BCUT2D eigenvalue weighted by Crippen LogP contribution is -2.30. The summed E-state index contributed by atoms with van der Waals surface area (Å²) in [5.74, 6) is 0.795. The van der Waals surface area contributed by atoms with Gasteiger partial charge in [-0.25, -0.2) is 9.97 Å². The van der Waals surface area contributed by atoms with Crippen LogP contribution in [0.4, 0.5) is 0 Å². The summed E-state index contributed by atoms with van der Waals surface area (Å²) < 4.78 is 2.15. The van der Waals surface area contributed by atoms with Crippen LogP contribution in [-0.2, 0) is 12.3 Å². The summed E-state index contributed by atoms with van der Waals surface area (Å²) in [6.07, 6.45) is 1.80. The lowest BCUT2D eigenvalue weighted by Gasteiger charge is -2.11. The third-order valence-electron chi connectivity index (χ3n) is 4.93. The van der Waals surface area contributed by atoms with Gasteiger partial charge in [0.2, 0.25) is 0 Å². The molecule has 1 N–H and O–H groups in total. The molecule has 0 saturated carbocycles. The van der Waals surface area contributed by atoms with Crippen LogP contribution in [0.1, 0.15) is 40.9 Å². The SMILES string of the molecule is Cc1ccc(CSc2nc3cccnc3n2Cc2ccc(C(=O)NC(C)C)cc2)cc1. The molecule has 2 heterocycles. The van der Waals surface area contributed by atoms with Gasteiger partial charge in [0.1, 0.15) is 5.52 Å². The molecule has 0 radical (unpaired) electrons. The number of nitrogens with one attached hydrogen (secondary N) is 1. The van der Waals surface area contributed by atoms with E-state index in [1.807, 2.05) is 50.2 Å². The molecule has 0 saturated heterocycles. The summed E-state index contributed by atoms with van der Waals surface area (Å²) in [4.78, 5) is 21.6. The number of pyridine rings is 1. The van der Waals surface area contributed by atoms with Gasteiger partial charge in [0.25, 0.3) is 5.91 Å². The molecule has 4 aromatic rings. The van der Waals surface area contributed by atoms with Crippen molar-refractivity contribution < 1.29 is 4.79 Å². The minimum Gasteiger partial charge on any atom is -0.350 e. The number of imidazole rings is 1. The van der Waals surface area contributed by atoms with Gasteiger partial charge in [0.15, 0.2) is 10.8 Å². The molecule has 0 unspecified atom stereocenters. The average molecular weight is 431 g/mol. The highest BCUT2D eigenvalue weighted by atomic mass is 32.2. The lowest BCUT2D eigenvalue weighted by atomic mass is 10.1. The van der Waals surface area contributed by atoms with Gasteiger partial charge >= 0.3 is 0 Å². The van der Waals surface area contributed by atoms with Crippen molar-refractivity contribution in [3.63, 3.8) is 0 Å². The molecule has 0 bridgehead atoms. The summed E-state index contributed by atoms with van der Waals surface area (Å²) in [6.45, 7) is 6.66. The molecule has 0 aliphatic heterocycles. The summed E-state index contributed by atoms with van der Waals surface area (Å²) in [5.41, 5.74) is 6.05. The van der Waals surface area contributed by atoms with Gasteiger partial charge in [-0.15, -0.1) is 0 Å². The van der Waals surface area contributed by atoms with Gasteiger partial charge < -0.3 is 5.32 Å². The van der Waals surface area contributed by atoms with E-state index in [1.54, 1.807) is 18.0 Å². The normalized spacial score (nSPS) is 11.2. The molecule has 31 heavy (non-hydrogen) atoms. The summed E-state index contributed by atoms with van der Waals surface area (Å²) >= 11 is 1.71. The Morgan fingerprint density at radius 3 is 2.45 bits per heavy atom.